The maximum atomic E-state index is 2.39. The monoisotopic (exact) mass is 618 g/mol. The zero-order valence-corrected chi connectivity index (χ0v) is 24.4. The Hall–Kier alpha value is -2.52. The third-order valence-electron chi connectivity index (χ3n) is 6.38. The van der Waals surface area contributed by atoms with E-state index < -0.39 is 0 Å². The molecule has 8 heteroatoms. The van der Waals surface area contributed by atoms with Crippen LogP contribution < -0.4 is 43.1 Å². The number of benzene rings is 3. The standard InChI is InChI=1S/C28H32N4.2BrH.2H2O/c1-21(2)31-19-29(25-13-7-9-15-27(25)31)17-23-11-5-6-12-24(23)18-30-20-32(22(3)4)28-16-10-8-14-26(28)30;;;;/h5-16,19-22H,17-18H2,1-4H3;2*1H;2*1H2/q+2;;;;/p-2. The van der Waals surface area contributed by atoms with Crippen molar-refractivity contribution < 1.29 is 54.0 Å². The quantitative estimate of drug-likeness (QED) is 0.193. The maximum Gasteiger partial charge on any atom is 0.245 e. The molecule has 0 atom stereocenters. The van der Waals surface area contributed by atoms with E-state index in [0.29, 0.717) is 12.1 Å². The van der Waals surface area contributed by atoms with Gasteiger partial charge in [-0.3, -0.25) is 0 Å². The second kappa shape index (κ2) is 13.1. The summed E-state index contributed by atoms with van der Waals surface area (Å²) in [5.41, 5.74) is 7.85. The molecule has 0 amide bonds. The molecule has 3 aromatic carbocycles. The number of hydrogen-bond acceptors (Lipinski definition) is 0. The van der Waals surface area contributed by atoms with Gasteiger partial charge in [0.05, 0.1) is 12.1 Å². The number of nitrogens with zero attached hydrogens (tertiary/aromatic N) is 4. The summed E-state index contributed by atoms with van der Waals surface area (Å²) in [5, 5.41) is 0. The molecule has 0 saturated heterocycles. The lowest BCUT2D eigenvalue weighted by Gasteiger charge is -2.07. The van der Waals surface area contributed by atoms with Gasteiger partial charge in [0.25, 0.3) is 0 Å². The summed E-state index contributed by atoms with van der Waals surface area (Å²) in [6.45, 7) is 10.7. The van der Waals surface area contributed by atoms with Crippen molar-refractivity contribution in [1.29, 1.82) is 0 Å². The highest BCUT2D eigenvalue weighted by Crippen LogP contribution is 2.19. The number of imidazole rings is 2. The van der Waals surface area contributed by atoms with Crippen molar-refractivity contribution in [3.8, 4) is 0 Å². The van der Waals surface area contributed by atoms with Crippen molar-refractivity contribution in [2.45, 2.75) is 52.9 Å². The highest BCUT2D eigenvalue weighted by Gasteiger charge is 2.21. The smallest absolute Gasteiger partial charge is 0.245 e. The molecule has 0 radical (unpaired) electrons. The molecule has 2 aromatic heterocycles. The molecule has 5 aromatic rings. The molecule has 4 N–H and O–H groups in total. The Bertz CT molecular complexity index is 1300. The van der Waals surface area contributed by atoms with Crippen molar-refractivity contribution in [3.05, 3.63) is 96.6 Å². The van der Waals surface area contributed by atoms with Gasteiger partial charge in [-0.1, -0.05) is 48.5 Å². The Morgan fingerprint density at radius 1 is 0.556 bits per heavy atom. The second-order valence-electron chi connectivity index (χ2n) is 9.23. The van der Waals surface area contributed by atoms with E-state index in [1.54, 1.807) is 0 Å². The Labute approximate surface area is 234 Å². The summed E-state index contributed by atoms with van der Waals surface area (Å²) in [4.78, 5) is 0. The van der Waals surface area contributed by atoms with Crippen molar-refractivity contribution in [3.63, 3.8) is 0 Å². The predicted octanol–water partition coefficient (Wildman–Crippen LogP) is -2.21. The van der Waals surface area contributed by atoms with Crippen LogP contribution in [0.15, 0.2) is 85.5 Å². The summed E-state index contributed by atoms with van der Waals surface area (Å²) in [7, 11) is 0. The van der Waals surface area contributed by atoms with Crippen LogP contribution >= 0.6 is 0 Å². The first-order valence-corrected chi connectivity index (χ1v) is 11.6. The molecule has 6 nitrogen and oxygen atoms in total. The first-order valence-electron chi connectivity index (χ1n) is 11.6. The minimum absolute atomic E-state index is 0. The van der Waals surface area contributed by atoms with Crippen LogP contribution in [0, 0.1) is 0 Å². The van der Waals surface area contributed by atoms with Crippen LogP contribution in [0.5, 0.6) is 0 Å². The number of para-hydroxylation sites is 4. The maximum absolute atomic E-state index is 2.39. The first-order chi connectivity index (χ1) is 15.5. The molecule has 2 heterocycles. The topological polar surface area (TPSA) is 80.6 Å². The van der Waals surface area contributed by atoms with Gasteiger partial charge in [0, 0.05) is 11.1 Å². The number of rotatable bonds is 6. The summed E-state index contributed by atoms with van der Waals surface area (Å²) in [6, 6.07) is 27.1. The van der Waals surface area contributed by atoms with E-state index >= 15 is 0 Å². The zero-order valence-electron chi connectivity index (χ0n) is 21.2. The Morgan fingerprint density at radius 3 is 1.25 bits per heavy atom. The molecule has 0 saturated carbocycles. The fourth-order valence-electron chi connectivity index (χ4n) is 4.71. The minimum Gasteiger partial charge on any atom is -1.00 e. The minimum atomic E-state index is 0. The van der Waals surface area contributed by atoms with Gasteiger partial charge >= 0.3 is 0 Å². The molecular formula is C28H36Br2N4O2. The fourth-order valence-corrected chi connectivity index (χ4v) is 4.71. The summed E-state index contributed by atoms with van der Waals surface area (Å²) >= 11 is 0. The molecule has 0 spiro atoms. The summed E-state index contributed by atoms with van der Waals surface area (Å²) < 4.78 is 9.50. The molecular weight excluding hydrogens is 584 g/mol. The van der Waals surface area contributed by atoms with Crippen LogP contribution in [0.2, 0.25) is 0 Å². The SMILES string of the molecule is CC(C)n1c[n+](Cc2ccccc2C[n+]2cn(C(C)C)c3ccccc32)c2ccccc21.O.O.[Br-].[Br-]. The van der Waals surface area contributed by atoms with E-state index in [1.165, 1.54) is 33.2 Å². The van der Waals surface area contributed by atoms with Gasteiger partial charge in [0.2, 0.25) is 12.7 Å². The van der Waals surface area contributed by atoms with Crippen molar-refractivity contribution in [2.24, 2.45) is 0 Å². The van der Waals surface area contributed by atoms with Gasteiger partial charge in [-0.2, -0.15) is 0 Å². The molecule has 0 fully saturated rings. The highest BCUT2D eigenvalue weighted by atomic mass is 79.9. The van der Waals surface area contributed by atoms with Crippen LogP contribution in [0.25, 0.3) is 22.1 Å². The van der Waals surface area contributed by atoms with Crippen LogP contribution in [0.1, 0.15) is 50.9 Å². The molecule has 0 aliphatic carbocycles. The second-order valence-corrected chi connectivity index (χ2v) is 9.23. The van der Waals surface area contributed by atoms with E-state index in [-0.39, 0.29) is 44.9 Å². The number of hydrogen-bond donors (Lipinski definition) is 0. The number of halogens is 2. The Morgan fingerprint density at radius 2 is 0.889 bits per heavy atom. The molecule has 0 aliphatic rings. The van der Waals surface area contributed by atoms with Gasteiger partial charge in [-0.25, -0.2) is 18.3 Å². The Kier molecular flexibility index (Phi) is 11.5. The molecule has 36 heavy (non-hydrogen) atoms. The van der Waals surface area contributed by atoms with Gasteiger partial charge in [0.1, 0.15) is 13.1 Å². The molecule has 0 bridgehead atoms. The molecule has 5 rings (SSSR count). The lowest BCUT2D eigenvalue weighted by Crippen LogP contribution is -3.00. The van der Waals surface area contributed by atoms with E-state index in [0.717, 1.165) is 13.1 Å². The third kappa shape index (κ3) is 5.89. The van der Waals surface area contributed by atoms with E-state index in [1.807, 2.05) is 0 Å². The first kappa shape index (κ1) is 31.5. The van der Waals surface area contributed by atoms with Crippen LogP contribution in [-0.4, -0.2) is 20.1 Å². The third-order valence-corrected chi connectivity index (χ3v) is 6.38. The van der Waals surface area contributed by atoms with E-state index in [2.05, 4.69) is 131 Å². The van der Waals surface area contributed by atoms with Gasteiger partial charge in [-0.15, -0.1) is 0 Å². The lowest BCUT2D eigenvalue weighted by atomic mass is 10.1. The van der Waals surface area contributed by atoms with Gasteiger partial charge in [0.15, 0.2) is 22.1 Å². The average molecular weight is 620 g/mol. The average Bonchev–Trinajstić information content (AvgIpc) is 3.35. The van der Waals surface area contributed by atoms with Gasteiger partial charge in [-0.05, 0) is 52.0 Å². The largest absolute Gasteiger partial charge is 1.00 e. The van der Waals surface area contributed by atoms with Crippen LogP contribution in [0.4, 0.5) is 0 Å². The summed E-state index contributed by atoms with van der Waals surface area (Å²) in [6.07, 6.45) is 4.54. The lowest BCUT2D eigenvalue weighted by molar-refractivity contribution is -0.668. The molecule has 0 unspecified atom stereocenters. The Balaban J connectivity index is 0.00000162. The van der Waals surface area contributed by atoms with Crippen LogP contribution in [0.3, 0.4) is 0 Å². The van der Waals surface area contributed by atoms with Gasteiger partial charge < -0.3 is 44.9 Å². The molecule has 0 aliphatic heterocycles. The molecule has 194 valence electrons. The number of fused-ring (bicyclic) bond motifs is 2. The predicted molar refractivity (Wildman–Crippen MR) is 137 cm³/mol. The summed E-state index contributed by atoms with van der Waals surface area (Å²) in [5.74, 6) is 0. The van der Waals surface area contributed by atoms with Crippen molar-refractivity contribution in [1.82, 2.24) is 9.13 Å². The van der Waals surface area contributed by atoms with Crippen molar-refractivity contribution >= 4 is 22.1 Å². The van der Waals surface area contributed by atoms with E-state index in [4.69, 9.17) is 0 Å². The van der Waals surface area contributed by atoms with Crippen molar-refractivity contribution in [2.75, 3.05) is 0 Å². The van der Waals surface area contributed by atoms with E-state index in [9.17, 15) is 0 Å². The normalized spacial score (nSPS) is 10.6. The highest BCUT2D eigenvalue weighted by molar-refractivity contribution is 5.72. The zero-order chi connectivity index (χ0) is 22.2. The fraction of sp³-hybridized carbons (Fsp3) is 0.286. The number of aromatic nitrogens is 4. The van der Waals surface area contributed by atoms with Crippen LogP contribution in [-0.2, 0) is 13.1 Å².